The van der Waals surface area contributed by atoms with Crippen molar-refractivity contribution in [2.75, 3.05) is 13.7 Å². The van der Waals surface area contributed by atoms with E-state index in [2.05, 4.69) is 5.32 Å². The number of carbonyl (C=O) groups excluding carboxylic acids is 1. The van der Waals surface area contributed by atoms with Gasteiger partial charge in [0.05, 0.1) is 6.10 Å². The predicted octanol–water partition coefficient (Wildman–Crippen LogP) is 2.36. The van der Waals surface area contributed by atoms with Crippen molar-refractivity contribution in [3.63, 3.8) is 0 Å². The minimum Gasteiger partial charge on any atom is -0.375 e. The molecule has 116 valence electrons. The lowest BCUT2D eigenvalue weighted by Crippen LogP contribution is -2.49. The van der Waals surface area contributed by atoms with Crippen LogP contribution in [0.25, 0.3) is 0 Å². The molecule has 0 aliphatic rings. The molecule has 2 aromatic carbocycles. The van der Waals surface area contributed by atoms with Crippen molar-refractivity contribution >= 4 is 5.91 Å². The van der Waals surface area contributed by atoms with Crippen LogP contribution in [-0.2, 0) is 15.1 Å². The van der Waals surface area contributed by atoms with E-state index in [1.54, 1.807) is 14.0 Å². The summed E-state index contributed by atoms with van der Waals surface area (Å²) in [5.41, 5.74) is 6.92. The average molecular weight is 298 g/mol. The topological polar surface area (TPSA) is 64.3 Å². The molecular formula is C18H22N2O2. The Morgan fingerprint density at radius 1 is 1.14 bits per heavy atom. The summed E-state index contributed by atoms with van der Waals surface area (Å²) in [7, 11) is 1.63. The van der Waals surface area contributed by atoms with E-state index in [4.69, 9.17) is 10.5 Å². The summed E-state index contributed by atoms with van der Waals surface area (Å²) in [5, 5.41) is 2.88. The molecule has 0 aliphatic carbocycles. The van der Waals surface area contributed by atoms with Gasteiger partial charge < -0.3 is 15.8 Å². The van der Waals surface area contributed by atoms with Crippen LogP contribution in [-0.4, -0.2) is 19.6 Å². The van der Waals surface area contributed by atoms with Gasteiger partial charge in [-0.05, 0) is 18.1 Å². The van der Waals surface area contributed by atoms with E-state index in [0.717, 1.165) is 11.1 Å². The summed E-state index contributed by atoms with van der Waals surface area (Å²) >= 11 is 0. The number of rotatable bonds is 6. The molecule has 0 radical (unpaired) electrons. The first kappa shape index (κ1) is 16.2. The molecule has 0 heterocycles. The number of nitrogens with two attached hydrogens (primary N) is 1. The quantitative estimate of drug-likeness (QED) is 0.860. The van der Waals surface area contributed by atoms with Gasteiger partial charge in [-0.2, -0.15) is 0 Å². The van der Waals surface area contributed by atoms with Gasteiger partial charge in [-0.3, -0.25) is 4.79 Å². The van der Waals surface area contributed by atoms with E-state index in [-0.39, 0.29) is 12.0 Å². The summed E-state index contributed by atoms with van der Waals surface area (Å²) < 4.78 is 5.45. The zero-order valence-electron chi connectivity index (χ0n) is 13.0. The van der Waals surface area contributed by atoms with E-state index in [1.165, 1.54) is 0 Å². The van der Waals surface area contributed by atoms with Gasteiger partial charge >= 0.3 is 0 Å². The Hall–Kier alpha value is -2.17. The fraction of sp³-hybridized carbons (Fsp3) is 0.278. The molecule has 2 unspecified atom stereocenters. The van der Waals surface area contributed by atoms with Gasteiger partial charge in [0.15, 0.2) is 0 Å². The maximum Gasteiger partial charge on any atom is 0.244 e. The van der Waals surface area contributed by atoms with Gasteiger partial charge in [-0.15, -0.1) is 0 Å². The van der Waals surface area contributed by atoms with E-state index < -0.39 is 5.54 Å². The summed E-state index contributed by atoms with van der Waals surface area (Å²) in [5.74, 6) is -0.225. The second-order valence-electron chi connectivity index (χ2n) is 5.41. The Kier molecular flexibility index (Phi) is 5.31. The number of hydrogen-bond acceptors (Lipinski definition) is 3. The molecule has 2 aromatic rings. The second kappa shape index (κ2) is 7.20. The van der Waals surface area contributed by atoms with Gasteiger partial charge in [-0.1, -0.05) is 60.7 Å². The van der Waals surface area contributed by atoms with Crippen LogP contribution in [0.5, 0.6) is 0 Å². The number of benzene rings is 2. The number of methoxy groups -OCH3 is 1. The number of ether oxygens (including phenoxy) is 1. The van der Waals surface area contributed by atoms with Gasteiger partial charge in [0.1, 0.15) is 5.54 Å². The SMILES string of the molecule is COC(CNC(=O)C(C)(N)c1ccccc1)c1ccccc1. The summed E-state index contributed by atoms with van der Waals surface area (Å²) in [6, 6.07) is 19.1. The van der Waals surface area contributed by atoms with Crippen LogP contribution in [0.1, 0.15) is 24.2 Å². The zero-order valence-corrected chi connectivity index (χ0v) is 13.0. The largest absolute Gasteiger partial charge is 0.375 e. The Bertz CT molecular complexity index is 597. The molecule has 4 heteroatoms. The van der Waals surface area contributed by atoms with Crippen LogP contribution in [0.3, 0.4) is 0 Å². The molecule has 3 N–H and O–H groups in total. The molecule has 4 nitrogen and oxygen atoms in total. The molecule has 0 saturated carbocycles. The van der Waals surface area contributed by atoms with Gasteiger partial charge in [0.25, 0.3) is 0 Å². The van der Waals surface area contributed by atoms with Crippen LogP contribution < -0.4 is 11.1 Å². The van der Waals surface area contributed by atoms with Crippen molar-refractivity contribution in [2.24, 2.45) is 5.73 Å². The monoisotopic (exact) mass is 298 g/mol. The minimum absolute atomic E-state index is 0.197. The Balaban J connectivity index is 2.03. The normalized spacial score (nSPS) is 14.9. The summed E-state index contributed by atoms with van der Waals surface area (Å²) in [6.45, 7) is 2.08. The molecular weight excluding hydrogens is 276 g/mol. The van der Waals surface area contributed by atoms with E-state index >= 15 is 0 Å². The maximum atomic E-state index is 12.4. The predicted molar refractivity (Wildman–Crippen MR) is 87.2 cm³/mol. The minimum atomic E-state index is -1.07. The molecule has 0 aliphatic heterocycles. The standard InChI is InChI=1S/C18H22N2O2/c1-18(19,15-11-7-4-8-12-15)17(21)20-13-16(22-2)14-9-5-3-6-10-14/h3-12,16H,13,19H2,1-2H3,(H,20,21). The lowest BCUT2D eigenvalue weighted by atomic mass is 9.92. The van der Waals surface area contributed by atoms with E-state index in [9.17, 15) is 4.79 Å². The number of carbonyl (C=O) groups is 1. The molecule has 0 bridgehead atoms. The molecule has 1 amide bonds. The molecule has 2 rings (SSSR count). The van der Waals surface area contributed by atoms with Crippen LogP contribution >= 0.6 is 0 Å². The third kappa shape index (κ3) is 3.72. The van der Waals surface area contributed by atoms with Crippen molar-refractivity contribution in [1.29, 1.82) is 0 Å². The van der Waals surface area contributed by atoms with Crippen molar-refractivity contribution in [2.45, 2.75) is 18.6 Å². The average Bonchev–Trinajstić information content (AvgIpc) is 2.57. The molecule has 22 heavy (non-hydrogen) atoms. The Morgan fingerprint density at radius 2 is 1.68 bits per heavy atom. The van der Waals surface area contributed by atoms with Gasteiger partial charge in [0, 0.05) is 13.7 Å². The first-order valence-corrected chi connectivity index (χ1v) is 7.26. The van der Waals surface area contributed by atoms with Crippen molar-refractivity contribution in [3.8, 4) is 0 Å². The highest BCUT2D eigenvalue weighted by Gasteiger charge is 2.30. The highest BCUT2D eigenvalue weighted by Crippen LogP contribution is 2.19. The lowest BCUT2D eigenvalue weighted by Gasteiger charge is -2.25. The third-order valence-electron chi connectivity index (χ3n) is 3.75. The van der Waals surface area contributed by atoms with E-state index in [1.807, 2.05) is 60.7 Å². The number of hydrogen-bond donors (Lipinski definition) is 2. The molecule has 2 atom stereocenters. The van der Waals surface area contributed by atoms with Gasteiger partial charge in [-0.25, -0.2) is 0 Å². The molecule has 0 spiro atoms. The molecule has 0 aromatic heterocycles. The van der Waals surface area contributed by atoms with Crippen LogP contribution in [0, 0.1) is 0 Å². The summed E-state index contributed by atoms with van der Waals surface area (Å²) in [4.78, 5) is 12.4. The highest BCUT2D eigenvalue weighted by atomic mass is 16.5. The van der Waals surface area contributed by atoms with Crippen LogP contribution in [0.15, 0.2) is 60.7 Å². The molecule has 0 fully saturated rings. The third-order valence-corrected chi connectivity index (χ3v) is 3.75. The molecule has 0 saturated heterocycles. The van der Waals surface area contributed by atoms with Crippen LogP contribution in [0.2, 0.25) is 0 Å². The fourth-order valence-electron chi connectivity index (χ4n) is 2.29. The van der Waals surface area contributed by atoms with Crippen LogP contribution in [0.4, 0.5) is 0 Å². The van der Waals surface area contributed by atoms with Crippen molar-refractivity contribution in [1.82, 2.24) is 5.32 Å². The van der Waals surface area contributed by atoms with Gasteiger partial charge in [0.2, 0.25) is 5.91 Å². The highest BCUT2D eigenvalue weighted by molar-refractivity contribution is 5.87. The first-order chi connectivity index (χ1) is 10.6. The first-order valence-electron chi connectivity index (χ1n) is 7.26. The number of nitrogens with one attached hydrogen (secondary N) is 1. The zero-order chi connectivity index (χ0) is 16.0. The Labute approximate surface area is 131 Å². The lowest BCUT2D eigenvalue weighted by molar-refractivity contribution is -0.126. The van der Waals surface area contributed by atoms with Crippen molar-refractivity contribution < 1.29 is 9.53 Å². The van der Waals surface area contributed by atoms with Crippen molar-refractivity contribution in [3.05, 3.63) is 71.8 Å². The fourth-order valence-corrected chi connectivity index (χ4v) is 2.29. The number of amides is 1. The maximum absolute atomic E-state index is 12.4. The second-order valence-corrected chi connectivity index (χ2v) is 5.41. The Morgan fingerprint density at radius 3 is 2.23 bits per heavy atom. The smallest absolute Gasteiger partial charge is 0.244 e. The summed E-state index contributed by atoms with van der Waals surface area (Å²) in [6.07, 6.45) is -0.197. The van der Waals surface area contributed by atoms with E-state index in [0.29, 0.717) is 6.54 Å².